The number of hydrogen-bond acceptors (Lipinski definition) is 4. The van der Waals surface area contributed by atoms with Crippen LogP contribution in [0.3, 0.4) is 0 Å². The van der Waals surface area contributed by atoms with Crippen LogP contribution < -0.4 is 4.90 Å². The molecule has 1 spiro atoms. The first-order valence-electron chi connectivity index (χ1n) is 19.9. The van der Waals surface area contributed by atoms with E-state index in [1.54, 1.807) is 5.57 Å². The third kappa shape index (κ3) is 4.37. The van der Waals surface area contributed by atoms with Gasteiger partial charge in [-0.1, -0.05) is 60.7 Å². The molecule has 5 atom stereocenters. The molecule has 52 heavy (non-hydrogen) atoms. The minimum absolute atomic E-state index is 0.0536. The first-order chi connectivity index (χ1) is 25.7. The summed E-state index contributed by atoms with van der Waals surface area (Å²) in [6.45, 7) is 1.04. The molecule has 11 rings (SSSR count). The van der Waals surface area contributed by atoms with E-state index in [9.17, 15) is 0 Å². The summed E-state index contributed by atoms with van der Waals surface area (Å²) in [4.78, 5) is 7.29. The standard InChI is InChI=1S/C47H47N3O2/c1-49-27-25-34-45-33(14-11-18-40(45)50(46(34)49)32-12-3-2-4-13-32)30-21-23-37-43(28-30)51-41-19-7-5-15-35(41)47(37)36-16-6-8-20-42(36)52-44-29-31(22-24-38(44)47)39-17-9-10-26-48-39/h2-4,11-14,17-19,21-24,26,28,31,35,37,43H,5-10,15-16,20,25,27,29H2,1H3/t31?,35?,37-,43?,47?/m0/s1. The van der Waals surface area contributed by atoms with Gasteiger partial charge in [-0.2, -0.15) is 0 Å². The van der Waals surface area contributed by atoms with Crippen LogP contribution in [0.5, 0.6) is 0 Å². The number of ether oxygens (including phenoxy) is 2. The van der Waals surface area contributed by atoms with Gasteiger partial charge >= 0.3 is 0 Å². The summed E-state index contributed by atoms with van der Waals surface area (Å²) < 4.78 is 16.8. The van der Waals surface area contributed by atoms with Gasteiger partial charge in [-0.25, -0.2) is 0 Å². The van der Waals surface area contributed by atoms with Crippen LogP contribution in [0.1, 0.15) is 75.3 Å². The van der Waals surface area contributed by atoms with E-state index in [1.807, 2.05) is 0 Å². The Morgan fingerprint density at radius 2 is 1.79 bits per heavy atom. The predicted molar refractivity (Wildman–Crippen MR) is 210 cm³/mol. The number of allylic oxidation sites excluding steroid dienone is 11. The van der Waals surface area contributed by atoms with Crippen LogP contribution in [-0.4, -0.2) is 30.5 Å². The van der Waals surface area contributed by atoms with Gasteiger partial charge in [0.15, 0.2) is 0 Å². The number of anilines is 1. The first-order valence-corrected chi connectivity index (χ1v) is 19.9. The molecule has 4 unspecified atom stereocenters. The maximum absolute atomic E-state index is 7.23. The average Bonchev–Trinajstić information content (AvgIpc) is 3.75. The van der Waals surface area contributed by atoms with Gasteiger partial charge in [-0.15, -0.1) is 0 Å². The zero-order valence-electron chi connectivity index (χ0n) is 30.2. The quantitative estimate of drug-likeness (QED) is 0.275. The molecule has 262 valence electrons. The largest absolute Gasteiger partial charge is 0.490 e. The molecule has 5 heterocycles. The minimum Gasteiger partial charge on any atom is -0.490 e. The molecular formula is C47H47N3O2. The molecule has 4 aliphatic carbocycles. The summed E-state index contributed by atoms with van der Waals surface area (Å²) >= 11 is 0. The van der Waals surface area contributed by atoms with Gasteiger partial charge in [0.1, 0.15) is 23.4 Å². The van der Waals surface area contributed by atoms with Gasteiger partial charge in [0.05, 0.1) is 11.3 Å². The average molecular weight is 686 g/mol. The molecule has 1 saturated heterocycles. The van der Waals surface area contributed by atoms with Crippen molar-refractivity contribution in [3.8, 4) is 5.69 Å². The smallest absolute Gasteiger partial charge is 0.125 e. The lowest BCUT2D eigenvalue weighted by atomic mass is 9.50. The second-order valence-electron chi connectivity index (χ2n) is 16.1. The Bertz CT molecular complexity index is 2260. The van der Waals surface area contributed by atoms with E-state index in [1.165, 1.54) is 86.9 Å². The van der Waals surface area contributed by atoms with E-state index < -0.39 is 0 Å². The number of aliphatic imine (C=N–C) groups is 1. The van der Waals surface area contributed by atoms with E-state index >= 15 is 0 Å². The summed E-state index contributed by atoms with van der Waals surface area (Å²) in [7, 11) is 2.24. The lowest BCUT2D eigenvalue weighted by molar-refractivity contribution is -0.0397. The van der Waals surface area contributed by atoms with Crippen LogP contribution in [0.25, 0.3) is 22.2 Å². The molecule has 4 aliphatic heterocycles. The summed E-state index contributed by atoms with van der Waals surface area (Å²) in [5.41, 5.74) is 10.6. The molecule has 1 aromatic heterocycles. The van der Waals surface area contributed by atoms with Crippen molar-refractivity contribution >= 4 is 28.5 Å². The van der Waals surface area contributed by atoms with Crippen LogP contribution in [0, 0.1) is 23.2 Å². The van der Waals surface area contributed by atoms with E-state index in [4.69, 9.17) is 14.5 Å². The number of benzene rings is 2. The summed E-state index contributed by atoms with van der Waals surface area (Å²) in [6.07, 6.45) is 31.4. The van der Waals surface area contributed by atoms with Crippen molar-refractivity contribution in [2.75, 3.05) is 18.5 Å². The van der Waals surface area contributed by atoms with Crippen molar-refractivity contribution < 1.29 is 9.47 Å². The van der Waals surface area contributed by atoms with Crippen molar-refractivity contribution in [1.82, 2.24) is 4.57 Å². The fourth-order valence-corrected chi connectivity index (χ4v) is 11.3. The lowest BCUT2D eigenvalue weighted by Crippen LogP contribution is -2.54. The van der Waals surface area contributed by atoms with Crippen LogP contribution in [0.15, 0.2) is 130 Å². The number of para-hydroxylation sites is 1. The third-order valence-electron chi connectivity index (χ3n) is 13.4. The van der Waals surface area contributed by atoms with Gasteiger partial charge in [0, 0.05) is 83.7 Å². The fourth-order valence-electron chi connectivity index (χ4n) is 11.3. The van der Waals surface area contributed by atoms with Crippen molar-refractivity contribution in [2.24, 2.45) is 28.2 Å². The van der Waals surface area contributed by atoms with E-state index in [0.717, 1.165) is 57.9 Å². The Kier molecular flexibility index (Phi) is 7.04. The summed E-state index contributed by atoms with van der Waals surface area (Å²) in [6, 6.07) is 17.8. The summed E-state index contributed by atoms with van der Waals surface area (Å²) in [5.74, 6) is 5.80. The molecule has 0 radical (unpaired) electrons. The van der Waals surface area contributed by atoms with Crippen molar-refractivity contribution in [2.45, 2.75) is 76.7 Å². The zero-order valence-corrected chi connectivity index (χ0v) is 30.2. The number of likely N-dealkylation sites (N-methyl/N-ethyl adjacent to an activating group) is 1. The second-order valence-corrected chi connectivity index (χ2v) is 16.1. The number of hydrogen-bond donors (Lipinski definition) is 0. The van der Waals surface area contributed by atoms with Gasteiger partial charge in [0.25, 0.3) is 0 Å². The Labute approximate surface area is 307 Å². The first kappa shape index (κ1) is 30.8. The highest BCUT2D eigenvalue weighted by Gasteiger charge is 2.61. The molecule has 5 nitrogen and oxygen atoms in total. The van der Waals surface area contributed by atoms with Crippen LogP contribution >= 0.6 is 0 Å². The lowest BCUT2D eigenvalue weighted by Gasteiger charge is -2.58. The van der Waals surface area contributed by atoms with Crippen molar-refractivity contribution in [3.05, 3.63) is 136 Å². The van der Waals surface area contributed by atoms with Crippen molar-refractivity contribution in [3.63, 3.8) is 0 Å². The third-order valence-corrected chi connectivity index (χ3v) is 13.4. The van der Waals surface area contributed by atoms with Crippen LogP contribution in [0.4, 0.5) is 5.82 Å². The van der Waals surface area contributed by atoms with Crippen LogP contribution in [-0.2, 0) is 15.9 Å². The molecule has 8 aliphatic rings. The predicted octanol–water partition coefficient (Wildman–Crippen LogP) is 10.7. The number of aromatic nitrogens is 1. The molecule has 3 aromatic rings. The van der Waals surface area contributed by atoms with Crippen LogP contribution in [0.2, 0.25) is 0 Å². The SMILES string of the molecule is CN1CCc2c1n(-c1ccccc1)c1cccc(C3=CC4OC5=CCCCC5C5(C6=C(CC(C7=CCCC=N7)C=C6)OC6=C5CCCC6)[C@H]4C=C3)c21. The second kappa shape index (κ2) is 11.9. The maximum Gasteiger partial charge on any atom is 0.125 e. The molecule has 5 heteroatoms. The van der Waals surface area contributed by atoms with Gasteiger partial charge in [-0.05, 0) is 105 Å². The van der Waals surface area contributed by atoms with E-state index in [2.05, 4.69) is 114 Å². The fraction of sp³-hybridized carbons (Fsp3) is 0.383. The Morgan fingerprint density at radius 1 is 0.865 bits per heavy atom. The Morgan fingerprint density at radius 3 is 2.69 bits per heavy atom. The molecule has 0 bridgehead atoms. The topological polar surface area (TPSA) is 39.0 Å². The zero-order chi connectivity index (χ0) is 34.4. The molecule has 2 aromatic carbocycles. The highest BCUT2D eigenvalue weighted by molar-refractivity contribution is 6.02. The Hall–Kier alpha value is -4.77. The molecule has 0 amide bonds. The van der Waals surface area contributed by atoms with Gasteiger partial charge in [-0.3, -0.25) is 9.56 Å². The highest BCUT2D eigenvalue weighted by atomic mass is 16.5. The van der Waals surface area contributed by atoms with E-state index in [0.29, 0.717) is 5.92 Å². The van der Waals surface area contributed by atoms with Gasteiger partial charge in [0.2, 0.25) is 0 Å². The summed E-state index contributed by atoms with van der Waals surface area (Å²) in [5, 5.41) is 1.38. The minimum atomic E-state index is -0.157. The molecular weight excluding hydrogens is 639 g/mol. The number of nitrogens with zero attached hydrogens (tertiary/aromatic N) is 3. The van der Waals surface area contributed by atoms with Crippen molar-refractivity contribution in [1.29, 1.82) is 0 Å². The Balaban J connectivity index is 1.06. The molecule has 1 fully saturated rings. The van der Waals surface area contributed by atoms with E-state index in [-0.39, 0.29) is 23.4 Å². The monoisotopic (exact) mass is 685 g/mol. The highest BCUT2D eigenvalue weighted by Crippen LogP contribution is 2.66. The maximum atomic E-state index is 7.23. The molecule has 0 saturated carbocycles. The normalized spacial score (nSPS) is 30.2. The number of rotatable bonds is 3. The molecule has 0 N–H and O–H groups in total. The van der Waals surface area contributed by atoms with Gasteiger partial charge < -0.3 is 14.4 Å². The number of fused-ring (bicyclic) bond motifs is 9.